The zero-order valence-electron chi connectivity index (χ0n) is 11.0. The van der Waals surface area contributed by atoms with Gasteiger partial charge in [-0.1, -0.05) is 0 Å². The average Bonchev–Trinajstić information content (AvgIpc) is 2.47. The van der Waals surface area contributed by atoms with E-state index >= 15 is 0 Å². The summed E-state index contributed by atoms with van der Waals surface area (Å²) in [6, 6.07) is 0. The van der Waals surface area contributed by atoms with Gasteiger partial charge in [0.15, 0.2) is 5.82 Å². The van der Waals surface area contributed by atoms with Gasteiger partial charge in [0.05, 0.1) is 5.75 Å². The molecule has 1 aliphatic heterocycles. The van der Waals surface area contributed by atoms with E-state index in [1.54, 1.807) is 19.3 Å². The van der Waals surface area contributed by atoms with Gasteiger partial charge in [-0.05, 0) is 26.2 Å². The van der Waals surface area contributed by atoms with Crippen molar-refractivity contribution in [2.45, 2.75) is 38.8 Å². The van der Waals surface area contributed by atoms with Crippen molar-refractivity contribution >= 4 is 10.0 Å². The molecule has 19 heavy (non-hydrogen) atoms. The predicted molar refractivity (Wildman–Crippen MR) is 70.9 cm³/mol. The van der Waals surface area contributed by atoms with Crippen molar-refractivity contribution in [3.8, 4) is 0 Å². The standard InChI is InChI=1S/C12H19N3O3S/c1-2-19(16,17)15-9-10-7-13-12(14-8-10)11-5-3-4-6-18-11/h7-8,11,15H,2-6,9H2,1H3/t11-/m1/s1. The van der Waals surface area contributed by atoms with Crippen molar-refractivity contribution in [1.29, 1.82) is 0 Å². The van der Waals surface area contributed by atoms with E-state index in [1.165, 1.54) is 0 Å². The topological polar surface area (TPSA) is 81.2 Å². The largest absolute Gasteiger partial charge is 0.370 e. The van der Waals surface area contributed by atoms with Crippen molar-refractivity contribution in [1.82, 2.24) is 14.7 Å². The molecule has 1 aromatic rings. The fraction of sp³-hybridized carbons (Fsp3) is 0.667. The highest BCUT2D eigenvalue weighted by Gasteiger charge is 2.18. The lowest BCUT2D eigenvalue weighted by atomic mass is 10.1. The van der Waals surface area contributed by atoms with E-state index in [9.17, 15) is 8.42 Å². The summed E-state index contributed by atoms with van der Waals surface area (Å²) in [4.78, 5) is 8.52. The third-order valence-electron chi connectivity index (χ3n) is 3.07. The molecular formula is C12H19N3O3S. The van der Waals surface area contributed by atoms with Crippen LogP contribution in [0.15, 0.2) is 12.4 Å². The first kappa shape index (κ1) is 14.4. The molecule has 1 atom stereocenters. The maximum Gasteiger partial charge on any atom is 0.211 e. The van der Waals surface area contributed by atoms with Crippen molar-refractivity contribution in [2.24, 2.45) is 0 Å². The molecule has 0 spiro atoms. The molecule has 1 N–H and O–H groups in total. The van der Waals surface area contributed by atoms with Crippen LogP contribution in [0.2, 0.25) is 0 Å². The monoisotopic (exact) mass is 285 g/mol. The summed E-state index contributed by atoms with van der Waals surface area (Å²) in [6.07, 6.45) is 6.45. The molecule has 0 unspecified atom stereocenters. The van der Waals surface area contributed by atoms with E-state index in [-0.39, 0.29) is 18.4 Å². The van der Waals surface area contributed by atoms with Crippen LogP contribution in [0.4, 0.5) is 0 Å². The zero-order valence-corrected chi connectivity index (χ0v) is 11.8. The van der Waals surface area contributed by atoms with E-state index < -0.39 is 10.0 Å². The van der Waals surface area contributed by atoms with Crippen LogP contribution in [-0.2, 0) is 21.3 Å². The van der Waals surface area contributed by atoms with Crippen LogP contribution in [0, 0.1) is 0 Å². The molecule has 1 aliphatic rings. The van der Waals surface area contributed by atoms with Crippen LogP contribution in [-0.4, -0.2) is 30.7 Å². The van der Waals surface area contributed by atoms with Crippen LogP contribution in [0.25, 0.3) is 0 Å². The number of sulfonamides is 1. The fourth-order valence-electron chi connectivity index (χ4n) is 1.86. The molecule has 0 radical (unpaired) electrons. The van der Waals surface area contributed by atoms with Crippen molar-refractivity contribution in [2.75, 3.05) is 12.4 Å². The predicted octanol–water partition coefficient (Wildman–Crippen LogP) is 1.16. The molecule has 0 saturated carbocycles. The van der Waals surface area contributed by atoms with Gasteiger partial charge < -0.3 is 4.74 Å². The molecule has 2 heterocycles. The Kier molecular flexibility index (Phi) is 4.84. The van der Waals surface area contributed by atoms with Crippen molar-refractivity contribution < 1.29 is 13.2 Å². The lowest BCUT2D eigenvalue weighted by Crippen LogP contribution is -2.25. The summed E-state index contributed by atoms with van der Waals surface area (Å²) in [5.41, 5.74) is 0.747. The zero-order chi connectivity index (χ0) is 13.7. The minimum Gasteiger partial charge on any atom is -0.370 e. The first-order valence-electron chi connectivity index (χ1n) is 6.50. The molecule has 2 rings (SSSR count). The van der Waals surface area contributed by atoms with Gasteiger partial charge in [0.2, 0.25) is 10.0 Å². The number of nitrogens with one attached hydrogen (secondary N) is 1. The normalized spacial score (nSPS) is 20.4. The molecule has 6 nitrogen and oxygen atoms in total. The maximum absolute atomic E-state index is 11.3. The molecule has 1 saturated heterocycles. The minimum atomic E-state index is -3.18. The summed E-state index contributed by atoms with van der Waals surface area (Å²) in [5, 5.41) is 0. The van der Waals surface area contributed by atoms with E-state index in [1.807, 2.05) is 0 Å². The SMILES string of the molecule is CCS(=O)(=O)NCc1cnc([C@H]2CCCCO2)nc1. The lowest BCUT2D eigenvalue weighted by Gasteiger charge is -2.21. The van der Waals surface area contributed by atoms with Gasteiger partial charge >= 0.3 is 0 Å². The summed E-state index contributed by atoms with van der Waals surface area (Å²) in [6.45, 7) is 2.58. The third-order valence-corrected chi connectivity index (χ3v) is 4.41. The van der Waals surface area contributed by atoms with Crippen molar-refractivity contribution in [3.63, 3.8) is 0 Å². The molecule has 1 aromatic heterocycles. The quantitative estimate of drug-likeness (QED) is 0.878. The Labute approximate surface area is 113 Å². The second-order valence-electron chi connectivity index (χ2n) is 4.53. The number of hydrogen-bond acceptors (Lipinski definition) is 5. The highest BCUT2D eigenvalue weighted by Crippen LogP contribution is 2.24. The molecule has 7 heteroatoms. The van der Waals surface area contributed by atoms with Gasteiger partial charge in [0.25, 0.3) is 0 Å². The average molecular weight is 285 g/mol. The Balaban J connectivity index is 1.94. The second-order valence-corrected chi connectivity index (χ2v) is 6.62. The van der Waals surface area contributed by atoms with Gasteiger partial charge in [-0.25, -0.2) is 23.1 Å². The van der Waals surface area contributed by atoms with Gasteiger partial charge in [0.1, 0.15) is 6.10 Å². The van der Waals surface area contributed by atoms with Crippen LogP contribution in [0.5, 0.6) is 0 Å². The molecule has 0 aliphatic carbocycles. The fourth-order valence-corrected chi connectivity index (χ4v) is 2.45. The van der Waals surface area contributed by atoms with Gasteiger partial charge in [-0.3, -0.25) is 0 Å². The number of rotatable bonds is 5. The number of nitrogens with zero attached hydrogens (tertiary/aromatic N) is 2. The summed E-state index contributed by atoms with van der Waals surface area (Å²) >= 11 is 0. The highest BCUT2D eigenvalue weighted by atomic mass is 32.2. The maximum atomic E-state index is 11.3. The Morgan fingerprint density at radius 3 is 2.68 bits per heavy atom. The molecule has 0 amide bonds. The molecule has 1 fully saturated rings. The van der Waals surface area contributed by atoms with Crippen LogP contribution < -0.4 is 4.72 Å². The number of aromatic nitrogens is 2. The smallest absolute Gasteiger partial charge is 0.211 e. The number of hydrogen-bond donors (Lipinski definition) is 1. The lowest BCUT2D eigenvalue weighted by molar-refractivity contribution is 0.00940. The molecule has 106 valence electrons. The van der Waals surface area contributed by atoms with Crippen LogP contribution >= 0.6 is 0 Å². The third kappa shape index (κ3) is 4.22. The summed E-state index contributed by atoms with van der Waals surface area (Å²) in [7, 11) is -3.18. The van der Waals surface area contributed by atoms with E-state index in [2.05, 4.69) is 14.7 Å². The Hall–Kier alpha value is -1.05. The molecule has 0 aromatic carbocycles. The minimum absolute atomic E-state index is 0.0184. The summed E-state index contributed by atoms with van der Waals surface area (Å²) < 4.78 is 30.7. The molecule has 0 bridgehead atoms. The first-order chi connectivity index (χ1) is 9.11. The van der Waals surface area contributed by atoms with Gasteiger partial charge in [0, 0.05) is 31.1 Å². The van der Waals surface area contributed by atoms with Crippen molar-refractivity contribution in [3.05, 3.63) is 23.8 Å². The van der Waals surface area contributed by atoms with Gasteiger partial charge in [-0.2, -0.15) is 0 Å². The van der Waals surface area contributed by atoms with Crippen LogP contribution in [0.3, 0.4) is 0 Å². The second kappa shape index (κ2) is 6.40. The molecular weight excluding hydrogens is 266 g/mol. The Morgan fingerprint density at radius 1 is 1.37 bits per heavy atom. The number of ether oxygens (including phenoxy) is 1. The van der Waals surface area contributed by atoms with E-state index in [0.717, 1.165) is 31.4 Å². The summed E-state index contributed by atoms with van der Waals surface area (Å²) in [5.74, 6) is 0.754. The Morgan fingerprint density at radius 2 is 2.11 bits per heavy atom. The van der Waals surface area contributed by atoms with Crippen LogP contribution in [0.1, 0.15) is 43.7 Å². The van der Waals surface area contributed by atoms with E-state index in [0.29, 0.717) is 5.82 Å². The first-order valence-corrected chi connectivity index (χ1v) is 8.15. The highest BCUT2D eigenvalue weighted by molar-refractivity contribution is 7.89. The van der Waals surface area contributed by atoms with E-state index in [4.69, 9.17) is 4.74 Å². The van der Waals surface area contributed by atoms with Gasteiger partial charge in [-0.15, -0.1) is 0 Å². The Bertz CT molecular complexity index is 495.